The minimum atomic E-state index is 0.194. The van der Waals surface area contributed by atoms with Crippen molar-refractivity contribution in [2.24, 2.45) is 5.92 Å². The zero-order chi connectivity index (χ0) is 10.3. The molecule has 0 saturated heterocycles. The molecule has 0 fully saturated rings. The van der Waals surface area contributed by atoms with Crippen LogP contribution in [0.4, 0.5) is 0 Å². The van der Waals surface area contributed by atoms with Crippen molar-refractivity contribution in [2.45, 2.75) is 52.5 Å². The highest BCUT2D eigenvalue weighted by molar-refractivity contribution is 5.18. The van der Waals surface area contributed by atoms with Gasteiger partial charge in [-0.2, -0.15) is 5.10 Å². The van der Waals surface area contributed by atoms with Crippen molar-refractivity contribution < 1.29 is 0 Å². The van der Waals surface area contributed by atoms with E-state index in [-0.39, 0.29) is 5.54 Å². The second-order valence-electron chi connectivity index (χ2n) is 5.35. The van der Waals surface area contributed by atoms with E-state index in [0.717, 1.165) is 5.92 Å². The van der Waals surface area contributed by atoms with Gasteiger partial charge in [0.25, 0.3) is 0 Å². The summed E-state index contributed by atoms with van der Waals surface area (Å²) in [6.45, 7) is 9.12. The first-order valence-corrected chi connectivity index (χ1v) is 5.55. The van der Waals surface area contributed by atoms with Gasteiger partial charge in [-0.15, -0.1) is 0 Å². The molecule has 0 aromatic carbocycles. The third-order valence-electron chi connectivity index (χ3n) is 3.37. The van der Waals surface area contributed by atoms with Crippen LogP contribution in [0.25, 0.3) is 0 Å². The molecule has 0 amide bonds. The molecule has 0 radical (unpaired) electrons. The summed E-state index contributed by atoms with van der Waals surface area (Å²) in [5.41, 5.74) is 2.99. The molecule has 78 valence electrons. The Labute approximate surface area is 86.3 Å². The summed E-state index contributed by atoms with van der Waals surface area (Å²) in [6.07, 6.45) is 5.74. The van der Waals surface area contributed by atoms with Crippen molar-refractivity contribution in [2.75, 3.05) is 0 Å². The van der Waals surface area contributed by atoms with Crippen LogP contribution in [-0.4, -0.2) is 9.78 Å². The monoisotopic (exact) mass is 192 g/mol. The summed E-state index contributed by atoms with van der Waals surface area (Å²) in [4.78, 5) is 0. The molecule has 0 saturated carbocycles. The van der Waals surface area contributed by atoms with E-state index in [1.165, 1.54) is 30.5 Å². The first kappa shape index (κ1) is 9.75. The van der Waals surface area contributed by atoms with E-state index in [1.54, 1.807) is 0 Å². The van der Waals surface area contributed by atoms with Crippen LogP contribution in [0.1, 0.15) is 44.9 Å². The van der Waals surface area contributed by atoms with Gasteiger partial charge in [0.05, 0.1) is 11.7 Å². The van der Waals surface area contributed by atoms with Gasteiger partial charge in [0.1, 0.15) is 0 Å². The van der Waals surface area contributed by atoms with Gasteiger partial charge in [0.2, 0.25) is 0 Å². The number of fused-ring (bicyclic) bond motifs is 1. The van der Waals surface area contributed by atoms with Gasteiger partial charge in [-0.1, -0.05) is 6.92 Å². The minimum Gasteiger partial charge on any atom is -0.264 e. The largest absolute Gasteiger partial charge is 0.264 e. The lowest BCUT2D eigenvalue weighted by molar-refractivity contribution is 0.260. The lowest BCUT2D eigenvalue weighted by Crippen LogP contribution is -2.29. The molecule has 1 aliphatic heterocycles. The fourth-order valence-corrected chi connectivity index (χ4v) is 2.70. The van der Waals surface area contributed by atoms with E-state index in [0.29, 0.717) is 0 Å². The second kappa shape index (κ2) is 3.11. The molecule has 1 atom stereocenters. The zero-order valence-corrected chi connectivity index (χ0v) is 9.67. The number of rotatable bonds is 0. The van der Waals surface area contributed by atoms with Gasteiger partial charge in [0, 0.05) is 5.69 Å². The van der Waals surface area contributed by atoms with Crippen LogP contribution in [-0.2, 0) is 12.0 Å². The van der Waals surface area contributed by atoms with Crippen LogP contribution >= 0.6 is 0 Å². The topological polar surface area (TPSA) is 17.8 Å². The summed E-state index contributed by atoms with van der Waals surface area (Å²) >= 11 is 0. The van der Waals surface area contributed by atoms with Crippen LogP contribution in [0.2, 0.25) is 0 Å². The number of aromatic nitrogens is 2. The molecule has 0 spiro atoms. The number of hydrogen-bond acceptors (Lipinski definition) is 1. The normalized spacial score (nSPS) is 25.6. The molecule has 2 heterocycles. The van der Waals surface area contributed by atoms with Crippen LogP contribution in [0, 0.1) is 12.8 Å². The lowest BCUT2D eigenvalue weighted by Gasteiger charge is -2.27. The molecular weight excluding hydrogens is 172 g/mol. The van der Waals surface area contributed by atoms with Crippen LogP contribution in [0.15, 0.2) is 6.20 Å². The molecule has 0 bridgehead atoms. The van der Waals surface area contributed by atoms with Gasteiger partial charge in [-0.3, -0.25) is 4.68 Å². The average molecular weight is 192 g/mol. The van der Waals surface area contributed by atoms with Gasteiger partial charge in [0.15, 0.2) is 0 Å². The maximum atomic E-state index is 4.52. The van der Waals surface area contributed by atoms with Crippen LogP contribution in [0.3, 0.4) is 0 Å². The van der Waals surface area contributed by atoms with E-state index >= 15 is 0 Å². The Bertz CT molecular complexity index is 336. The molecular formula is C12H20N2. The molecule has 2 rings (SSSR count). The van der Waals surface area contributed by atoms with Crippen LogP contribution < -0.4 is 0 Å². The Hall–Kier alpha value is -0.790. The molecule has 1 aromatic heterocycles. The van der Waals surface area contributed by atoms with Crippen molar-refractivity contribution in [3.05, 3.63) is 17.5 Å². The van der Waals surface area contributed by atoms with Crippen molar-refractivity contribution in [1.29, 1.82) is 0 Å². The number of hydrogen-bond donors (Lipinski definition) is 0. The minimum absolute atomic E-state index is 0.194. The van der Waals surface area contributed by atoms with E-state index in [4.69, 9.17) is 0 Å². The summed E-state index contributed by atoms with van der Waals surface area (Å²) in [7, 11) is 0. The van der Waals surface area contributed by atoms with Gasteiger partial charge in [-0.25, -0.2) is 0 Å². The predicted molar refractivity (Wildman–Crippen MR) is 58.4 cm³/mol. The highest BCUT2D eigenvalue weighted by atomic mass is 15.3. The van der Waals surface area contributed by atoms with Gasteiger partial charge in [-0.05, 0) is 51.5 Å². The summed E-state index contributed by atoms with van der Waals surface area (Å²) < 4.78 is 2.24. The molecule has 2 nitrogen and oxygen atoms in total. The third-order valence-corrected chi connectivity index (χ3v) is 3.37. The van der Waals surface area contributed by atoms with Crippen LogP contribution in [0.5, 0.6) is 0 Å². The number of aryl methyl sites for hydroxylation is 1. The Kier molecular flexibility index (Phi) is 2.17. The van der Waals surface area contributed by atoms with E-state index in [9.17, 15) is 0 Å². The Balaban J connectivity index is 2.46. The van der Waals surface area contributed by atoms with Crippen molar-refractivity contribution in [1.82, 2.24) is 9.78 Å². The van der Waals surface area contributed by atoms with Gasteiger partial charge >= 0.3 is 0 Å². The second-order valence-corrected chi connectivity index (χ2v) is 5.35. The first-order valence-electron chi connectivity index (χ1n) is 5.55. The first-order chi connectivity index (χ1) is 6.50. The highest BCUT2D eigenvalue weighted by Crippen LogP contribution is 2.32. The third kappa shape index (κ3) is 1.47. The SMILES string of the molecule is Cc1cnn2c1CCC(C)CC2(C)C. The molecule has 14 heavy (non-hydrogen) atoms. The van der Waals surface area contributed by atoms with E-state index in [1.807, 2.05) is 6.20 Å². The molecule has 2 heteroatoms. The Morgan fingerprint density at radius 1 is 1.50 bits per heavy atom. The number of nitrogens with zero attached hydrogens (tertiary/aromatic N) is 2. The summed E-state index contributed by atoms with van der Waals surface area (Å²) in [6, 6.07) is 0. The summed E-state index contributed by atoms with van der Waals surface area (Å²) in [5, 5.41) is 4.52. The zero-order valence-electron chi connectivity index (χ0n) is 9.67. The van der Waals surface area contributed by atoms with Crippen molar-refractivity contribution in [3.8, 4) is 0 Å². The van der Waals surface area contributed by atoms with E-state index < -0.39 is 0 Å². The predicted octanol–water partition coefficient (Wildman–Crippen LogP) is 2.90. The average Bonchev–Trinajstić information content (AvgIpc) is 2.37. The highest BCUT2D eigenvalue weighted by Gasteiger charge is 2.29. The van der Waals surface area contributed by atoms with E-state index in [2.05, 4.69) is 37.5 Å². The lowest BCUT2D eigenvalue weighted by atomic mass is 9.91. The molecule has 1 unspecified atom stereocenters. The standard InChI is InChI=1S/C12H20N2/c1-9-5-6-11-10(2)8-13-14(11)12(3,4)7-9/h8-9H,5-7H2,1-4H3. The molecule has 0 N–H and O–H groups in total. The van der Waals surface area contributed by atoms with Crippen molar-refractivity contribution in [3.63, 3.8) is 0 Å². The molecule has 1 aliphatic rings. The Morgan fingerprint density at radius 3 is 2.93 bits per heavy atom. The van der Waals surface area contributed by atoms with Gasteiger partial charge < -0.3 is 0 Å². The van der Waals surface area contributed by atoms with Crippen molar-refractivity contribution >= 4 is 0 Å². The summed E-state index contributed by atoms with van der Waals surface area (Å²) in [5.74, 6) is 0.811. The molecule has 0 aliphatic carbocycles. The smallest absolute Gasteiger partial charge is 0.0577 e. The fourth-order valence-electron chi connectivity index (χ4n) is 2.70. The maximum absolute atomic E-state index is 4.52. The molecule has 1 aromatic rings. The maximum Gasteiger partial charge on any atom is 0.0577 e. The Morgan fingerprint density at radius 2 is 2.21 bits per heavy atom. The fraction of sp³-hybridized carbons (Fsp3) is 0.750. The quantitative estimate of drug-likeness (QED) is 0.618.